The van der Waals surface area contributed by atoms with Crippen molar-refractivity contribution < 1.29 is 18.8 Å². The van der Waals surface area contributed by atoms with E-state index in [0.29, 0.717) is 37.8 Å². The highest BCUT2D eigenvalue weighted by Crippen LogP contribution is 2.07. The van der Waals surface area contributed by atoms with E-state index >= 15 is 0 Å². The van der Waals surface area contributed by atoms with Gasteiger partial charge in [0.15, 0.2) is 5.82 Å². The average Bonchev–Trinajstić information content (AvgIpc) is 2.85. The van der Waals surface area contributed by atoms with E-state index in [1.165, 1.54) is 7.11 Å². The third kappa shape index (κ3) is 4.54. The molecule has 0 radical (unpaired) electrons. The van der Waals surface area contributed by atoms with E-state index in [-0.39, 0.29) is 25.0 Å². The third-order valence-electron chi connectivity index (χ3n) is 3.26. The molecule has 1 aromatic rings. The van der Waals surface area contributed by atoms with Crippen LogP contribution in [0.5, 0.6) is 0 Å². The lowest BCUT2D eigenvalue weighted by Crippen LogP contribution is -2.51. The number of hydrogen-bond donors (Lipinski definition) is 1. The van der Waals surface area contributed by atoms with Crippen molar-refractivity contribution in [1.82, 2.24) is 15.0 Å². The number of aromatic nitrogens is 1. The molecule has 1 saturated heterocycles. The summed E-state index contributed by atoms with van der Waals surface area (Å²) in [4.78, 5) is 27.3. The predicted molar refractivity (Wildman–Crippen MR) is 74.8 cm³/mol. The lowest BCUT2D eigenvalue weighted by molar-refractivity contribution is -0.137. The quantitative estimate of drug-likeness (QED) is 0.803. The Bertz CT molecular complexity index is 494. The summed E-state index contributed by atoms with van der Waals surface area (Å²) in [5, 5.41) is 6.39. The molecule has 1 aliphatic rings. The van der Waals surface area contributed by atoms with E-state index < -0.39 is 0 Å². The zero-order valence-electron chi connectivity index (χ0n) is 12.3. The standard InChI is InChI=1S/C13H20N4O4/c1-10-7-11(15-21-10)14-12(18)8-16-3-5-17(6-4-16)13(19)9-20-2/h7H,3-6,8-9H2,1-2H3,(H,14,15,18). The van der Waals surface area contributed by atoms with Crippen LogP contribution in [-0.4, -0.2) is 73.2 Å². The molecule has 0 bridgehead atoms. The molecule has 0 atom stereocenters. The van der Waals surface area contributed by atoms with Gasteiger partial charge in [-0.05, 0) is 6.92 Å². The Kier molecular flexibility index (Phi) is 5.29. The van der Waals surface area contributed by atoms with Gasteiger partial charge in [0.25, 0.3) is 0 Å². The van der Waals surface area contributed by atoms with Crippen molar-refractivity contribution in [3.63, 3.8) is 0 Å². The van der Waals surface area contributed by atoms with Gasteiger partial charge in [0, 0.05) is 39.4 Å². The van der Waals surface area contributed by atoms with E-state index in [1.54, 1.807) is 17.9 Å². The Morgan fingerprint density at radius 3 is 2.67 bits per heavy atom. The van der Waals surface area contributed by atoms with E-state index in [1.807, 2.05) is 4.90 Å². The molecule has 1 N–H and O–H groups in total. The van der Waals surface area contributed by atoms with Gasteiger partial charge >= 0.3 is 0 Å². The van der Waals surface area contributed by atoms with E-state index in [9.17, 15) is 9.59 Å². The number of rotatable bonds is 5. The fraction of sp³-hybridized carbons (Fsp3) is 0.615. The van der Waals surface area contributed by atoms with Crippen molar-refractivity contribution in [3.05, 3.63) is 11.8 Å². The Morgan fingerprint density at radius 1 is 1.38 bits per heavy atom. The molecule has 1 aliphatic heterocycles. The van der Waals surface area contributed by atoms with Gasteiger partial charge in [-0.1, -0.05) is 5.16 Å². The van der Waals surface area contributed by atoms with Gasteiger partial charge in [-0.3, -0.25) is 14.5 Å². The van der Waals surface area contributed by atoms with Crippen LogP contribution < -0.4 is 5.32 Å². The number of piperazine rings is 1. The summed E-state index contributed by atoms with van der Waals surface area (Å²) >= 11 is 0. The Labute approximate surface area is 123 Å². The first-order valence-electron chi connectivity index (χ1n) is 6.80. The lowest BCUT2D eigenvalue weighted by Gasteiger charge is -2.34. The van der Waals surface area contributed by atoms with Gasteiger partial charge in [-0.25, -0.2) is 0 Å². The number of anilines is 1. The Balaban J connectivity index is 1.73. The molecule has 0 spiro atoms. The highest BCUT2D eigenvalue weighted by atomic mass is 16.5. The van der Waals surface area contributed by atoms with Crippen LogP contribution in [0.25, 0.3) is 0 Å². The molecule has 2 amide bonds. The van der Waals surface area contributed by atoms with Crippen LogP contribution in [0.15, 0.2) is 10.6 Å². The second-order valence-electron chi connectivity index (χ2n) is 4.96. The van der Waals surface area contributed by atoms with Crippen molar-refractivity contribution in [2.75, 3.05) is 51.8 Å². The van der Waals surface area contributed by atoms with Crippen LogP contribution in [0.1, 0.15) is 5.76 Å². The molecule has 2 rings (SSSR count). The molecule has 8 heteroatoms. The maximum Gasteiger partial charge on any atom is 0.248 e. The average molecular weight is 296 g/mol. The molecule has 0 aliphatic carbocycles. The van der Waals surface area contributed by atoms with Crippen molar-refractivity contribution in [3.8, 4) is 0 Å². The summed E-state index contributed by atoms with van der Waals surface area (Å²) in [6.07, 6.45) is 0. The van der Waals surface area contributed by atoms with Crippen LogP contribution in [0.2, 0.25) is 0 Å². The van der Waals surface area contributed by atoms with Crippen LogP contribution >= 0.6 is 0 Å². The Hall–Kier alpha value is -1.93. The molecule has 8 nitrogen and oxygen atoms in total. The minimum atomic E-state index is -0.139. The van der Waals surface area contributed by atoms with Gasteiger partial charge in [0.2, 0.25) is 11.8 Å². The second kappa shape index (κ2) is 7.19. The van der Waals surface area contributed by atoms with E-state index in [0.717, 1.165) is 0 Å². The molecular formula is C13H20N4O4. The van der Waals surface area contributed by atoms with Crippen molar-refractivity contribution >= 4 is 17.6 Å². The summed E-state index contributed by atoms with van der Waals surface area (Å²) in [5.41, 5.74) is 0. The van der Waals surface area contributed by atoms with Crippen LogP contribution in [0.4, 0.5) is 5.82 Å². The molecule has 21 heavy (non-hydrogen) atoms. The minimum absolute atomic E-state index is 0.0142. The summed E-state index contributed by atoms with van der Waals surface area (Å²) in [6.45, 7) is 4.70. The minimum Gasteiger partial charge on any atom is -0.375 e. The number of nitrogens with zero attached hydrogens (tertiary/aromatic N) is 3. The monoisotopic (exact) mass is 296 g/mol. The summed E-state index contributed by atoms with van der Waals surface area (Å²) < 4.78 is 9.72. The lowest BCUT2D eigenvalue weighted by atomic mass is 10.3. The molecule has 116 valence electrons. The number of carbonyl (C=O) groups excluding carboxylic acids is 2. The zero-order valence-corrected chi connectivity index (χ0v) is 12.3. The number of methoxy groups -OCH3 is 1. The van der Waals surface area contributed by atoms with Crippen LogP contribution in [-0.2, 0) is 14.3 Å². The maximum absolute atomic E-state index is 11.9. The smallest absolute Gasteiger partial charge is 0.248 e. The SMILES string of the molecule is COCC(=O)N1CCN(CC(=O)Nc2cc(C)on2)CC1. The maximum atomic E-state index is 11.9. The van der Waals surface area contributed by atoms with Crippen molar-refractivity contribution in [2.45, 2.75) is 6.92 Å². The Morgan fingerprint density at radius 2 is 2.10 bits per heavy atom. The van der Waals surface area contributed by atoms with Gasteiger partial charge in [-0.15, -0.1) is 0 Å². The van der Waals surface area contributed by atoms with E-state index in [2.05, 4.69) is 10.5 Å². The molecule has 0 unspecified atom stereocenters. The predicted octanol–water partition coefficient (Wildman–Crippen LogP) is -0.288. The van der Waals surface area contributed by atoms with Gasteiger partial charge in [-0.2, -0.15) is 0 Å². The molecule has 0 saturated carbocycles. The molecule has 1 aromatic heterocycles. The third-order valence-corrected chi connectivity index (χ3v) is 3.26. The van der Waals surface area contributed by atoms with Gasteiger partial charge in [0.05, 0.1) is 6.54 Å². The number of amides is 2. The highest BCUT2D eigenvalue weighted by molar-refractivity contribution is 5.91. The van der Waals surface area contributed by atoms with E-state index in [4.69, 9.17) is 9.26 Å². The van der Waals surface area contributed by atoms with Crippen LogP contribution in [0.3, 0.4) is 0 Å². The number of hydrogen-bond acceptors (Lipinski definition) is 6. The largest absolute Gasteiger partial charge is 0.375 e. The summed E-state index contributed by atoms with van der Waals surface area (Å²) in [6, 6.07) is 1.67. The first-order valence-corrected chi connectivity index (χ1v) is 6.80. The number of carbonyl (C=O) groups is 2. The first-order chi connectivity index (χ1) is 10.1. The van der Waals surface area contributed by atoms with Crippen molar-refractivity contribution in [2.24, 2.45) is 0 Å². The highest BCUT2D eigenvalue weighted by Gasteiger charge is 2.22. The second-order valence-corrected chi connectivity index (χ2v) is 4.96. The number of aryl methyl sites for hydroxylation is 1. The summed E-state index contributed by atoms with van der Waals surface area (Å²) in [7, 11) is 1.50. The van der Waals surface area contributed by atoms with Gasteiger partial charge in [0.1, 0.15) is 12.4 Å². The van der Waals surface area contributed by atoms with Crippen molar-refractivity contribution in [1.29, 1.82) is 0 Å². The van der Waals surface area contributed by atoms with Gasteiger partial charge < -0.3 is 19.5 Å². The number of nitrogens with one attached hydrogen (secondary N) is 1. The fourth-order valence-corrected chi connectivity index (χ4v) is 2.18. The molecule has 2 heterocycles. The zero-order chi connectivity index (χ0) is 15.2. The molecule has 1 fully saturated rings. The summed E-state index contributed by atoms with van der Waals surface area (Å²) in [5.74, 6) is 0.918. The number of ether oxygens (including phenoxy) is 1. The molecule has 0 aromatic carbocycles. The normalized spacial score (nSPS) is 16.0. The topological polar surface area (TPSA) is 87.9 Å². The first kappa shape index (κ1) is 15.5. The fourth-order valence-electron chi connectivity index (χ4n) is 2.18. The van der Waals surface area contributed by atoms with Crippen LogP contribution in [0, 0.1) is 6.92 Å². The molecular weight excluding hydrogens is 276 g/mol.